The van der Waals surface area contributed by atoms with E-state index in [9.17, 15) is 9.59 Å². The smallest absolute Gasteiger partial charge is 0.265 e. The molecule has 2 N–H and O–H groups in total. The van der Waals surface area contributed by atoms with Gasteiger partial charge in [0, 0.05) is 31.1 Å². The lowest BCUT2D eigenvalue weighted by atomic mass is 10.2. The van der Waals surface area contributed by atoms with Gasteiger partial charge in [0.05, 0.1) is 12.2 Å². The van der Waals surface area contributed by atoms with Crippen molar-refractivity contribution < 1.29 is 4.79 Å². The van der Waals surface area contributed by atoms with Gasteiger partial charge in [0.15, 0.2) is 10.8 Å². The molecule has 3 aromatic rings. The van der Waals surface area contributed by atoms with E-state index >= 15 is 0 Å². The van der Waals surface area contributed by atoms with E-state index in [1.54, 1.807) is 17.0 Å². The van der Waals surface area contributed by atoms with Gasteiger partial charge in [0.2, 0.25) is 5.91 Å². The molecule has 0 aromatic carbocycles. The van der Waals surface area contributed by atoms with Crippen molar-refractivity contribution in [1.82, 2.24) is 30.0 Å². The van der Waals surface area contributed by atoms with Crippen molar-refractivity contribution in [2.24, 2.45) is 0 Å². The molecule has 0 fully saturated rings. The van der Waals surface area contributed by atoms with Gasteiger partial charge < -0.3 is 5.32 Å². The second kappa shape index (κ2) is 6.08. The molecule has 0 radical (unpaired) electrons. The quantitative estimate of drug-likeness (QED) is 0.682. The third kappa shape index (κ3) is 2.67. The maximum Gasteiger partial charge on any atom is 0.265 e. The number of aromatic amines is 1. The number of nitrogens with one attached hydrogen (secondary N) is 2. The first-order valence-electron chi connectivity index (χ1n) is 7.46. The zero-order chi connectivity index (χ0) is 16.5. The number of nitrogens with zero attached hydrogens (tertiary/aromatic N) is 4. The zero-order valence-electron chi connectivity index (χ0n) is 12.6. The predicted molar refractivity (Wildman–Crippen MR) is 88.6 cm³/mol. The van der Waals surface area contributed by atoms with Crippen LogP contribution < -0.4 is 10.9 Å². The molecule has 0 spiro atoms. The highest BCUT2D eigenvalue weighted by molar-refractivity contribution is 7.99. The summed E-state index contributed by atoms with van der Waals surface area (Å²) in [6.45, 7) is 0.446. The first-order chi connectivity index (χ1) is 11.7. The molecule has 1 aliphatic heterocycles. The van der Waals surface area contributed by atoms with Gasteiger partial charge in [-0.1, -0.05) is 11.8 Å². The average Bonchev–Trinajstić information content (AvgIpc) is 3.22. The molecular formula is C15H14N6O2S. The van der Waals surface area contributed by atoms with E-state index in [4.69, 9.17) is 0 Å². The Labute approximate surface area is 140 Å². The van der Waals surface area contributed by atoms with E-state index in [0.29, 0.717) is 28.5 Å². The highest BCUT2D eigenvalue weighted by atomic mass is 32.2. The Balaban J connectivity index is 1.49. The maximum atomic E-state index is 12.6. The summed E-state index contributed by atoms with van der Waals surface area (Å²) in [4.78, 5) is 33.1. The molecule has 1 unspecified atom stereocenters. The lowest BCUT2D eigenvalue weighted by molar-refractivity contribution is -0.121. The highest BCUT2D eigenvalue weighted by Gasteiger charge is 2.28. The highest BCUT2D eigenvalue weighted by Crippen LogP contribution is 2.32. The molecular weight excluding hydrogens is 328 g/mol. The summed E-state index contributed by atoms with van der Waals surface area (Å²) in [5.41, 5.74) is 1.32. The fourth-order valence-corrected chi connectivity index (χ4v) is 3.83. The Morgan fingerprint density at radius 3 is 3.08 bits per heavy atom. The molecule has 0 aliphatic carbocycles. The minimum Gasteiger partial charge on any atom is -0.352 e. The van der Waals surface area contributed by atoms with Gasteiger partial charge >= 0.3 is 0 Å². The summed E-state index contributed by atoms with van der Waals surface area (Å²) in [6.07, 6.45) is 5.09. The average molecular weight is 342 g/mol. The number of carbonyl (C=O) groups excluding carboxylic acids is 1. The standard InChI is InChI=1S/C15H14N6O2S/c22-12(17-6-9-1-3-16-4-2-9)5-10-8-24-15-19-13-11(7-18-20-13)14(23)21(10)15/h1-4,7,10H,5-6,8H2,(H,17,22)(H,18,20). The molecule has 0 saturated carbocycles. The summed E-state index contributed by atoms with van der Waals surface area (Å²) in [6, 6.07) is 3.51. The summed E-state index contributed by atoms with van der Waals surface area (Å²) in [5, 5.41) is 10.5. The predicted octanol–water partition coefficient (Wildman–Crippen LogP) is 0.868. The number of aromatic nitrogens is 5. The Hall–Kier alpha value is -2.68. The Bertz CT molecular complexity index is 952. The van der Waals surface area contributed by atoms with Gasteiger partial charge in [0.25, 0.3) is 5.56 Å². The van der Waals surface area contributed by atoms with Gasteiger partial charge in [-0.2, -0.15) is 5.10 Å². The monoisotopic (exact) mass is 342 g/mol. The summed E-state index contributed by atoms with van der Waals surface area (Å²) >= 11 is 1.48. The van der Waals surface area contributed by atoms with Crippen LogP contribution in [0.15, 0.2) is 40.7 Å². The van der Waals surface area contributed by atoms with E-state index in [0.717, 1.165) is 5.56 Å². The molecule has 1 aliphatic rings. The molecule has 24 heavy (non-hydrogen) atoms. The van der Waals surface area contributed by atoms with Crippen molar-refractivity contribution in [3.63, 3.8) is 0 Å². The van der Waals surface area contributed by atoms with Gasteiger partial charge in [-0.3, -0.25) is 24.2 Å². The van der Waals surface area contributed by atoms with Gasteiger partial charge in [-0.25, -0.2) is 4.98 Å². The number of thioether (sulfide) groups is 1. The Morgan fingerprint density at radius 2 is 2.25 bits per heavy atom. The molecule has 8 nitrogen and oxygen atoms in total. The van der Waals surface area contributed by atoms with Crippen LogP contribution in [-0.2, 0) is 11.3 Å². The van der Waals surface area contributed by atoms with Crippen molar-refractivity contribution in [1.29, 1.82) is 0 Å². The maximum absolute atomic E-state index is 12.6. The van der Waals surface area contributed by atoms with Crippen molar-refractivity contribution >= 4 is 28.7 Å². The summed E-state index contributed by atoms with van der Waals surface area (Å²) in [7, 11) is 0. The normalized spacial score (nSPS) is 16.2. The molecule has 3 aromatic heterocycles. The van der Waals surface area contributed by atoms with Crippen LogP contribution in [0.3, 0.4) is 0 Å². The number of hydrogen-bond donors (Lipinski definition) is 2. The van der Waals surface area contributed by atoms with Crippen molar-refractivity contribution in [2.45, 2.75) is 24.2 Å². The number of hydrogen-bond acceptors (Lipinski definition) is 6. The summed E-state index contributed by atoms with van der Waals surface area (Å²) in [5.74, 6) is 0.565. The van der Waals surface area contributed by atoms with E-state index in [1.165, 1.54) is 18.0 Å². The lowest BCUT2D eigenvalue weighted by Gasteiger charge is -2.13. The largest absolute Gasteiger partial charge is 0.352 e. The number of carbonyl (C=O) groups is 1. The molecule has 4 rings (SSSR count). The third-order valence-electron chi connectivity index (χ3n) is 3.91. The Kier molecular flexibility index (Phi) is 3.77. The van der Waals surface area contributed by atoms with Crippen molar-refractivity contribution in [3.05, 3.63) is 46.6 Å². The number of rotatable bonds is 4. The van der Waals surface area contributed by atoms with Crippen LogP contribution in [0.25, 0.3) is 11.0 Å². The molecule has 4 heterocycles. The van der Waals surface area contributed by atoms with Gasteiger partial charge in [-0.15, -0.1) is 0 Å². The minimum atomic E-state index is -0.193. The number of pyridine rings is 1. The lowest BCUT2D eigenvalue weighted by Crippen LogP contribution is -2.30. The van der Waals surface area contributed by atoms with Gasteiger partial charge in [0.1, 0.15) is 5.39 Å². The Morgan fingerprint density at radius 1 is 1.42 bits per heavy atom. The number of amides is 1. The van der Waals surface area contributed by atoms with Crippen LogP contribution in [0.4, 0.5) is 0 Å². The van der Waals surface area contributed by atoms with Gasteiger partial charge in [-0.05, 0) is 17.7 Å². The minimum absolute atomic E-state index is 0.0931. The number of fused-ring (bicyclic) bond motifs is 2. The first-order valence-corrected chi connectivity index (χ1v) is 8.45. The molecule has 0 bridgehead atoms. The van der Waals surface area contributed by atoms with E-state index in [2.05, 4.69) is 25.5 Å². The summed E-state index contributed by atoms with van der Waals surface area (Å²) < 4.78 is 1.61. The number of H-pyrrole nitrogens is 1. The van der Waals surface area contributed by atoms with Crippen LogP contribution in [0.2, 0.25) is 0 Å². The molecule has 1 atom stereocenters. The zero-order valence-corrected chi connectivity index (χ0v) is 13.4. The van der Waals surface area contributed by atoms with E-state index < -0.39 is 0 Å². The van der Waals surface area contributed by atoms with Crippen LogP contribution in [0.1, 0.15) is 18.0 Å². The fourth-order valence-electron chi connectivity index (χ4n) is 2.69. The second-order valence-electron chi connectivity index (χ2n) is 5.50. The van der Waals surface area contributed by atoms with Crippen molar-refractivity contribution in [3.8, 4) is 0 Å². The molecule has 122 valence electrons. The van der Waals surface area contributed by atoms with Crippen LogP contribution >= 0.6 is 11.8 Å². The molecule has 1 amide bonds. The van der Waals surface area contributed by atoms with Crippen LogP contribution in [0.5, 0.6) is 0 Å². The van der Waals surface area contributed by atoms with E-state index in [1.807, 2.05) is 12.1 Å². The topological polar surface area (TPSA) is 106 Å². The second-order valence-corrected chi connectivity index (χ2v) is 6.49. The van der Waals surface area contributed by atoms with Crippen LogP contribution in [-0.4, -0.2) is 36.4 Å². The fraction of sp³-hybridized carbons (Fsp3) is 0.267. The first kappa shape index (κ1) is 14.9. The molecule has 9 heteroatoms. The SMILES string of the molecule is O=C(CC1CSc2nc3[nH]ncc3c(=O)n21)NCc1ccncc1. The van der Waals surface area contributed by atoms with Crippen molar-refractivity contribution in [2.75, 3.05) is 5.75 Å². The van der Waals surface area contributed by atoms with E-state index in [-0.39, 0.29) is 23.9 Å². The third-order valence-corrected chi connectivity index (χ3v) is 5.01. The molecule has 0 saturated heterocycles. The van der Waals surface area contributed by atoms with Crippen LogP contribution in [0, 0.1) is 0 Å².